The molecule has 0 spiro atoms. The van der Waals surface area contributed by atoms with E-state index in [-0.39, 0.29) is 0 Å². The van der Waals surface area contributed by atoms with Crippen LogP contribution < -0.4 is 5.32 Å². The first kappa shape index (κ1) is 11.2. The van der Waals surface area contributed by atoms with Gasteiger partial charge in [-0.1, -0.05) is 6.92 Å². The Morgan fingerprint density at radius 1 is 1.45 bits per heavy atom. The van der Waals surface area contributed by atoms with Gasteiger partial charge in [-0.15, -0.1) is 0 Å². The van der Waals surface area contributed by atoms with Crippen LogP contribution in [0.5, 0.6) is 0 Å². The topological polar surface area (TPSA) is 66.4 Å². The Kier molecular flexibility index (Phi) is 5.93. The van der Waals surface area contributed by atoms with E-state index >= 15 is 0 Å². The van der Waals surface area contributed by atoms with Crippen LogP contribution in [-0.2, 0) is 9.15 Å². The summed E-state index contributed by atoms with van der Waals surface area (Å²) in [7, 11) is -3.29. The normalized spacial score (nSPS) is 11.8. The highest BCUT2D eigenvalue weighted by Crippen LogP contribution is 2.06. The Balaban J connectivity index is 3.16. The van der Waals surface area contributed by atoms with Gasteiger partial charge in [0.1, 0.15) is 0 Å². The van der Waals surface area contributed by atoms with Crippen molar-refractivity contribution >= 4 is 19.9 Å². The first-order valence-electron chi connectivity index (χ1n) is 3.39. The second kappa shape index (κ2) is 5.82. The predicted molar refractivity (Wildman–Crippen MR) is 47.2 cm³/mol. The lowest BCUT2D eigenvalue weighted by Crippen LogP contribution is -2.18. The maximum atomic E-state index is 10.2. The highest BCUT2D eigenvalue weighted by atomic mass is 33.1. The minimum atomic E-state index is -3.83. The Bertz CT molecular complexity index is 178. The molecule has 6 heteroatoms. The van der Waals surface area contributed by atoms with Crippen molar-refractivity contribution < 1.29 is 13.0 Å². The van der Waals surface area contributed by atoms with Crippen molar-refractivity contribution in [2.24, 2.45) is 0 Å². The van der Waals surface area contributed by atoms with Crippen LogP contribution in [0.15, 0.2) is 0 Å². The summed E-state index contributed by atoms with van der Waals surface area (Å²) < 4.78 is 28.6. The number of hydrogen-bond acceptors (Lipinski definition) is 4. The summed E-state index contributed by atoms with van der Waals surface area (Å²) in [5.74, 6) is 0.388. The van der Waals surface area contributed by atoms with Gasteiger partial charge in [-0.2, -0.15) is 8.42 Å². The summed E-state index contributed by atoms with van der Waals surface area (Å²) in [6.45, 7) is 3.52. The van der Waals surface area contributed by atoms with Gasteiger partial charge in [0.2, 0.25) is 0 Å². The van der Waals surface area contributed by atoms with Gasteiger partial charge >= 0.3 is 9.15 Å². The van der Waals surface area contributed by atoms with E-state index in [0.717, 1.165) is 13.0 Å². The number of rotatable bonds is 6. The van der Waals surface area contributed by atoms with Crippen LogP contribution in [0.3, 0.4) is 0 Å². The van der Waals surface area contributed by atoms with E-state index in [1.54, 1.807) is 0 Å². The molecule has 68 valence electrons. The third-order valence-electron chi connectivity index (χ3n) is 0.938. The van der Waals surface area contributed by atoms with E-state index < -0.39 is 9.15 Å². The molecule has 0 aromatic rings. The first-order valence-corrected chi connectivity index (χ1v) is 6.33. The molecule has 0 aliphatic rings. The molecule has 4 nitrogen and oxygen atoms in total. The largest absolute Gasteiger partial charge is 0.319 e. The van der Waals surface area contributed by atoms with Crippen molar-refractivity contribution in [3.8, 4) is 0 Å². The summed E-state index contributed by atoms with van der Waals surface area (Å²) in [6, 6.07) is 0. The van der Waals surface area contributed by atoms with Crippen molar-refractivity contribution in [3.05, 3.63) is 0 Å². The lowest BCUT2D eigenvalue weighted by Gasteiger charge is -1.99. The van der Waals surface area contributed by atoms with Gasteiger partial charge in [-0.05, 0) is 23.8 Å². The minimum Gasteiger partial charge on any atom is -0.316 e. The zero-order valence-corrected chi connectivity index (χ0v) is 8.04. The van der Waals surface area contributed by atoms with Crippen molar-refractivity contribution in [1.29, 1.82) is 0 Å². The molecule has 0 saturated carbocycles. The molecule has 0 atom stereocenters. The third kappa shape index (κ3) is 10.2. The Hall–Kier alpha value is 0.220. The average Bonchev–Trinajstić information content (AvgIpc) is 1.85. The van der Waals surface area contributed by atoms with Gasteiger partial charge in [-0.3, -0.25) is 4.55 Å². The van der Waals surface area contributed by atoms with E-state index in [4.69, 9.17) is 4.55 Å². The standard InChI is InChI=1S/C5H13NO3S2/c1-2-3-6-4-5-10-11(7,8)9/h6H,2-5H2,1H3,(H,7,8,9). The molecule has 2 N–H and O–H groups in total. The lowest BCUT2D eigenvalue weighted by molar-refractivity contribution is 0.503. The maximum absolute atomic E-state index is 10.2. The Morgan fingerprint density at radius 3 is 2.55 bits per heavy atom. The highest BCUT2D eigenvalue weighted by Gasteiger charge is 2.02. The molecule has 0 aliphatic heterocycles. The minimum absolute atomic E-state index is 0.388. The molecule has 0 saturated heterocycles. The fourth-order valence-corrected chi connectivity index (χ4v) is 1.84. The molecule has 0 aliphatic carbocycles. The van der Waals surface area contributed by atoms with E-state index in [9.17, 15) is 8.42 Å². The van der Waals surface area contributed by atoms with Gasteiger partial charge in [0.05, 0.1) is 0 Å². The molecule has 0 radical (unpaired) electrons. The average molecular weight is 199 g/mol. The summed E-state index contributed by atoms with van der Waals surface area (Å²) in [6.07, 6.45) is 1.02. The molecule has 11 heavy (non-hydrogen) atoms. The van der Waals surface area contributed by atoms with Crippen molar-refractivity contribution in [3.63, 3.8) is 0 Å². The van der Waals surface area contributed by atoms with Crippen molar-refractivity contribution in [2.75, 3.05) is 18.8 Å². The zero-order valence-electron chi connectivity index (χ0n) is 6.41. The van der Waals surface area contributed by atoms with Crippen molar-refractivity contribution in [2.45, 2.75) is 13.3 Å². The second-order valence-electron chi connectivity index (χ2n) is 2.00. The van der Waals surface area contributed by atoms with Gasteiger partial charge in [0, 0.05) is 12.3 Å². The first-order chi connectivity index (χ1) is 5.06. The summed E-state index contributed by atoms with van der Waals surface area (Å²) >= 11 is 0. The van der Waals surface area contributed by atoms with Gasteiger partial charge in [0.25, 0.3) is 0 Å². The van der Waals surface area contributed by atoms with Crippen LogP contribution in [0.4, 0.5) is 0 Å². The second-order valence-corrected chi connectivity index (χ2v) is 5.47. The fraction of sp³-hybridized carbons (Fsp3) is 1.00. The molecule has 0 amide bonds. The van der Waals surface area contributed by atoms with Crippen LogP contribution in [0.2, 0.25) is 0 Å². The SMILES string of the molecule is CCCNCCSS(=O)(=O)O. The molecular weight excluding hydrogens is 186 g/mol. The number of hydrogen-bond donors (Lipinski definition) is 2. The summed E-state index contributed by atoms with van der Waals surface area (Å²) in [4.78, 5) is 0. The molecule has 0 rings (SSSR count). The van der Waals surface area contributed by atoms with Crippen LogP contribution in [0, 0.1) is 0 Å². The van der Waals surface area contributed by atoms with Crippen LogP contribution in [0.1, 0.15) is 13.3 Å². The molecule has 0 unspecified atom stereocenters. The van der Waals surface area contributed by atoms with E-state index in [0.29, 0.717) is 23.1 Å². The quantitative estimate of drug-likeness (QED) is 0.371. The molecule has 0 bridgehead atoms. The lowest BCUT2D eigenvalue weighted by atomic mass is 10.5. The third-order valence-corrected chi connectivity index (χ3v) is 3.00. The van der Waals surface area contributed by atoms with Gasteiger partial charge in [0.15, 0.2) is 0 Å². The van der Waals surface area contributed by atoms with E-state index in [1.807, 2.05) is 6.92 Å². The van der Waals surface area contributed by atoms with Gasteiger partial charge < -0.3 is 5.32 Å². The molecular formula is C5H13NO3S2. The fourth-order valence-electron chi connectivity index (χ4n) is 0.521. The summed E-state index contributed by atoms with van der Waals surface area (Å²) in [5.41, 5.74) is 0. The summed E-state index contributed by atoms with van der Waals surface area (Å²) in [5, 5.41) is 3.01. The Morgan fingerprint density at radius 2 is 2.09 bits per heavy atom. The smallest absolute Gasteiger partial charge is 0.316 e. The Labute approximate surface area is 70.9 Å². The predicted octanol–water partition coefficient (Wildman–Crippen LogP) is 0.522. The number of nitrogens with one attached hydrogen (secondary N) is 1. The van der Waals surface area contributed by atoms with Crippen LogP contribution in [0.25, 0.3) is 0 Å². The van der Waals surface area contributed by atoms with E-state index in [2.05, 4.69) is 5.32 Å². The van der Waals surface area contributed by atoms with Crippen LogP contribution in [-0.4, -0.2) is 31.8 Å². The van der Waals surface area contributed by atoms with E-state index in [1.165, 1.54) is 0 Å². The zero-order chi connectivity index (χ0) is 8.74. The van der Waals surface area contributed by atoms with Crippen LogP contribution >= 0.6 is 10.8 Å². The van der Waals surface area contributed by atoms with Gasteiger partial charge in [-0.25, -0.2) is 0 Å². The molecule has 0 aromatic heterocycles. The molecule has 0 aromatic carbocycles. The molecule has 0 fully saturated rings. The molecule has 0 heterocycles. The maximum Gasteiger partial charge on any atom is 0.319 e. The monoisotopic (exact) mass is 199 g/mol. The van der Waals surface area contributed by atoms with Crippen molar-refractivity contribution in [1.82, 2.24) is 5.32 Å². The highest BCUT2D eigenvalue weighted by molar-refractivity contribution is 8.69.